The topological polar surface area (TPSA) is 56.1 Å². The second kappa shape index (κ2) is 15.6. The molecule has 3 aliphatic rings. The largest absolute Gasteiger partial charge is 0.309 e. The van der Waals surface area contributed by atoms with Gasteiger partial charge in [0, 0.05) is 49.7 Å². The molecule has 73 heavy (non-hydrogen) atoms. The molecule has 4 nitrogen and oxygen atoms in total. The van der Waals surface area contributed by atoms with E-state index < -0.39 is 0 Å². The smallest absolute Gasteiger partial charge is 0.194 e. The Labute approximate surface area is 420 Å². The van der Waals surface area contributed by atoms with Crippen LogP contribution in [-0.4, -0.2) is 21.9 Å². The SMILES string of the molecule is O=C1c2ccccc2-c2cccc(-c3ccccc3-c3ccc4c(c3)c3cc(-c5ccccc5-c5cccc6c5C(=O)c5ccccc5-6)ccc3n4-c3ccccc3-c3cccc4c3C(=O)c3ccccc3-4)c21. The van der Waals surface area contributed by atoms with E-state index in [2.05, 4.69) is 156 Å². The van der Waals surface area contributed by atoms with Crippen molar-refractivity contribution < 1.29 is 14.4 Å². The number of fused-ring (bicyclic) bond motifs is 12. The minimum atomic E-state index is 0.0362. The molecule has 0 fully saturated rings. The molecule has 0 spiro atoms. The zero-order valence-corrected chi connectivity index (χ0v) is 39.2. The number of hydrogen-bond acceptors (Lipinski definition) is 3. The maximum absolute atomic E-state index is 14.3. The zero-order valence-electron chi connectivity index (χ0n) is 39.2. The first-order valence-corrected chi connectivity index (χ1v) is 24.7. The maximum Gasteiger partial charge on any atom is 0.194 e. The summed E-state index contributed by atoms with van der Waals surface area (Å²) in [5.74, 6) is 0.129. The molecule has 3 aliphatic carbocycles. The first kappa shape index (κ1) is 41.1. The molecule has 4 heteroatoms. The van der Waals surface area contributed by atoms with Gasteiger partial charge in [-0.15, -0.1) is 0 Å². The molecule has 0 saturated carbocycles. The average Bonchev–Trinajstić information content (AvgIpc) is 4.15. The van der Waals surface area contributed by atoms with Gasteiger partial charge in [0.15, 0.2) is 17.3 Å². The second-order valence-corrected chi connectivity index (χ2v) is 19.2. The first-order valence-electron chi connectivity index (χ1n) is 24.7. The van der Waals surface area contributed by atoms with Crippen molar-refractivity contribution >= 4 is 39.2 Å². The molecule has 338 valence electrons. The van der Waals surface area contributed by atoms with E-state index >= 15 is 0 Å². The average molecular weight is 930 g/mol. The van der Waals surface area contributed by atoms with E-state index in [1.165, 1.54) is 0 Å². The Bertz CT molecular complexity index is 4240. The van der Waals surface area contributed by atoms with E-state index in [9.17, 15) is 14.4 Å². The molecule has 1 aromatic heterocycles. The van der Waals surface area contributed by atoms with E-state index in [0.29, 0.717) is 0 Å². The van der Waals surface area contributed by atoms with Gasteiger partial charge >= 0.3 is 0 Å². The van der Waals surface area contributed by atoms with Crippen LogP contribution in [0.25, 0.3) is 117 Å². The van der Waals surface area contributed by atoms with Crippen molar-refractivity contribution in [3.05, 3.63) is 270 Å². The number of carbonyl (C=O) groups is 3. The molecule has 0 aliphatic heterocycles. The van der Waals surface area contributed by atoms with E-state index in [-0.39, 0.29) is 17.3 Å². The van der Waals surface area contributed by atoms with Crippen LogP contribution in [0.2, 0.25) is 0 Å². The first-order chi connectivity index (χ1) is 36.0. The van der Waals surface area contributed by atoms with Crippen LogP contribution in [0, 0.1) is 0 Å². The van der Waals surface area contributed by atoms with Crippen molar-refractivity contribution in [3.63, 3.8) is 0 Å². The summed E-state index contributed by atoms with van der Waals surface area (Å²) in [6, 6.07) is 80.9. The van der Waals surface area contributed by atoms with Gasteiger partial charge in [-0.3, -0.25) is 14.4 Å². The Hall–Kier alpha value is -9.77. The molecule has 0 radical (unpaired) electrons. The number of nitrogens with zero attached hydrogens (tertiary/aromatic N) is 1. The highest BCUT2D eigenvalue weighted by molar-refractivity contribution is 6.27. The number of ketones is 3. The molecule has 0 saturated heterocycles. The molecule has 15 rings (SSSR count). The minimum Gasteiger partial charge on any atom is -0.309 e. The maximum atomic E-state index is 14.3. The molecule has 0 atom stereocenters. The molecule has 0 bridgehead atoms. The van der Waals surface area contributed by atoms with Crippen LogP contribution in [0.1, 0.15) is 47.8 Å². The van der Waals surface area contributed by atoms with Gasteiger partial charge in [-0.05, 0) is 114 Å². The molecular weight excluding hydrogens is 891 g/mol. The molecule has 12 aromatic rings. The summed E-state index contributed by atoms with van der Waals surface area (Å²) in [4.78, 5) is 42.8. The quantitative estimate of drug-likeness (QED) is 0.167. The third-order valence-corrected chi connectivity index (χ3v) is 15.5. The highest BCUT2D eigenvalue weighted by atomic mass is 16.1. The summed E-state index contributed by atoms with van der Waals surface area (Å²) in [5, 5.41) is 2.09. The van der Waals surface area contributed by atoms with Gasteiger partial charge in [0.2, 0.25) is 0 Å². The number of rotatable bonds is 6. The molecular formula is C69H39NO3. The Kier molecular flexibility index (Phi) is 8.78. The number of benzene rings is 11. The number of para-hydroxylation sites is 1. The third kappa shape index (κ3) is 5.86. The number of aromatic nitrogens is 1. The number of hydrogen-bond donors (Lipinski definition) is 0. The molecule has 0 unspecified atom stereocenters. The highest BCUT2D eigenvalue weighted by Gasteiger charge is 2.33. The fourth-order valence-electron chi connectivity index (χ4n) is 12.3. The van der Waals surface area contributed by atoms with Gasteiger partial charge in [0.25, 0.3) is 0 Å². The third-order valence-electron chi connectivity index (χ3n) is 15.5. The van der Waals surface area contributed by atoms with Crippen LogP contribution in [0.4, 0.5) is 0 Å². The predicted octanol–water partition coefficient (Wildman–Crippen LogP) is 16.8. The van der Waals surface area contributed by atoms with Crippen molar-refractivity contribution in [2.75, 3.05) is 0 Å². The van der Waals surface area contributed by atoms with Gasteiger partial charge in [0.05, 0.1) is 16.7 Å². The standard InChI is InChI=1S/C69H39NO3/c71-67-56-24-8-5-20-46(56)52-29-13-27-50(64(52)67)44-18-3-1-16-42(44)40-34-36-62-59(38-40)60-39-41(43-17-2-4-19-45(43)51-28-14-30-53-47-21-6-9-25-57(47)68(72)65(51)53)35-37-63(60)70(62)61-33-12-11-23-49(61)55-32-15-31-54-48-22-7-10-26-58(48)69(73)66(54)55/h1-39H. The van der Waals surface area contributed by atoms with Crippen molar-refractivity contribution in [1.82, 2.24) is 4.57 Å². The lowest BCUT2D eigenvalue weighted by Crippen LogP contribution is -2.02. The van der Waals surface area contributed by atoms with Gasteiger partial charge < -0.3 is 4.57 Å². The van der Waals surface area contributed by atoms with E-state index in [1.54, 1.807) is 0 Å². The highest BCUT2D eigenvalue weighted by Crippen LogP contribution is 2.49. The summed E-state index contributed by atoms with van der Waals surface area (Å²) in [6.45, 7) is 0. The van der Waals surface area contributed by atoms with E-state index in [0.717, 1.165) is 150 Å². The summed E-state index contributed by atoms with van der Waals surface area (Å²) < 4.78 is 2.34. The van der Waals surface area contributed by atoms with E-state index in [1.807, 2.05) is 84.9 Å². The summed E-state index contributed by atoms with van der Waals surface area (Å²) in [5.41, 5.74) is 22.8. The van der Waals surface area contributed by atoms with Crippen LogP contribution in [0.15, 0.2) is 237 Å². The Balaban J connectivity index is 0.956. The van der Waals surface area contributed by atoms with Crippen molar-refractivity contribution in [2.24, 2.45) is 0 Å². The lowest BCUT2D eigenvalue weighted by atomic mass is 9.88. The molecule has 0 amide bonds. The van der Waals surface area contributed by atoms with Crippen molar-refractivity contribution in [2.45, 2.75) is 0 Å². The Morgan fingerprint density at radius 3 is 0.836 bits per heavy atom. The zero-order chi connectivity index (χ0) is 48.5. The lowest BCUT2D eigenvalue weighted by molar-refractivity contribution is 0.103. The van der Waals surface area contributed by atoms with Gasteiger partial charge in [-0.25, -0.2) is 0 Å². The van der Waals surface area contributed by atoms with Crippen LogP contribution in [-0.2, 0) is 0 Å². The Morgan fingerprint density at radius 1 is 0.219 bits per heavy atom. The van der Waals surface area contributed by atoms with Gasteiger partial charge in [0.1, 0.15) is 0 Å². The van der Waals surface area contributed by atoms with Crippen LogP contribution < -0.4 is 0 Å². The fraction of sp³-hybridized carbons (Fsp3) is 0. The predicted molar refractivity (Wildman–Crippen MR) is 295 cm³/mol. The van der Waals surface area contributed by atoms with Crippen molar-refractivity contribution in [3.8, 4) is 94.7 Å². The minimum absolute atomic E-state index is 0.0362. The van der Waals surface area contributed by atoms with Gasteiger partial charge in [-0.1, -0.05) is 206 Å². The lowest BCUT2D eigenvalue weighted by Gasteiger charge is -2.17. The number of carbonyl (C=O) groups excluding carboxylic acids is 3. The Morgan fingerprint density at radius 2 is 0.479 bits per heavy atom. The molecule has 1 heterocycles. The monoisotopic (exact) mass is 929 g/mol. The summed E-state index contributed by atoms with van der Waals surface area (Å²) in [7, 11) is 0. The molecule has 0 N–H and O–H groups in total. The second-order valence-electron chi connectivity index (χ2n) is 19.2. The van der Waals surface area contributed by atoms with Gasteiger partial charge in [-0.2, -0.15) is 0 Å². The summed E-state index contributed by atoms with van der Waals surface area (Å²) in [6.07, 6.45) is 0. The molecule has 11 aromatic carbocycles. The van der Waals surface area contributed by atoms with Crippen LogP contribution in [0.3, 0.4) is 0 Å². The normalized spacial score (nSPS) is 12.7. The van der Waals surface area contributed by atoms with E-state index in [4.69, 9.17) is 0 Å². The summed E-state index contributed by atoms with van der Waals surface area (Å²) >= 11 is 0. The van der Waals surface area contributed by atoms with Crippen LogP contribution >= 0.6 is 0 Å². The van der Waals surface area contributed by atoms with Crippen molar-refractivity contribution in [1.29, 1.82) is 0 Å². The fourth-order valence-corrected chi connectivity index (χ4v) is 12.3. The van der Waals surface area contributed by atoms with Crippen LogP contribution in [0.5, 0.6) is 0 Å².